The van der Waals surface area contributed by atoms with E-state index in [9.17, 15) is 0 Å². The SMILES string of the molecule is CCCC(C)COC1CCC(C2CCC(C#N)CC2)CC1. The van der Waals surface area contributed by atoms with Gasteiger partial charge in [0.05, 0.1) is 12.2 Å². The number of hydrogen-bond acceptors (Lipinski definition) is 2. The fraction of sp³-hybridized carbons (Fsp3) is 0.947. The van der Waals surface area contributed by atoms with Crippen molar-refractivity contribution in [2.45, 2.75) is 84.2 Å². The molecule has 0 bridgehead atoms. The van der Waals surface area contributed by atoms with Gasteiger partial charge in [-0.05, 0) is 75.5 Å². The lowest BCUT2D eigenvalue weighted by Crippen LogP contribution is -2.29. The number of nitrogens with zero attached hydrogens (tertiary/aromatic N) is 1. The van der Waals surface area contributed by atoms with Crippen molar-refractivity contribution in [3.8, 4) is 6.07 Å². The molecular weight excluding hydrogens is 258 g/mol. The van der Waals surface area contributed by atoms with Crippen LogP contribution >= 0.6 is 0 Å². The molecule has 2 aliphatic carbocycles. The Morgan fingerprint density at radius 3 is 2.10 bits per heavy atom. The Hall–Kier alpha value is -0.550. The molecule has 0 spiro atoms. The molecule has 2 fully saturated rings. The first-order valence-electron chi connectivity index (χ1n) is 9.24. The van der Waals surface area contributed by atoms with Crippen LogP contribution in [0.5, 0.6) is 0 Å². The Morgan fingerprint density at radius 2 is 1.57 bits per heavy atom. The molecule has 0 aliphatic heterocycles. The summed E-state index contributed by atoms with van der Waals surface area (Å²) in [6, 6.07) is 2.45. The molecule has 1 atom stereocenters. The molecule has 21 heavy (non-hydrogen) atoms. The first-order chi connectivity index (χ1) is 10.2. The summed E-state index contributed by atoms with van der Waals surface area (Å²) in [6.07, 6.45) is 13.2. The molecule has 0 heterocycles. The lowest BCUT2D eigenvalue weighted by Gasteiger charge is -2.36. The van der Waals surface area contributed by atoms with Crippen molar-refractivity contribution in [2.24, 2.45) is 23.7 Å². The number of rotatable bonds is 6. The summed E-state index contributed by atoms with van der Waals surface area (Å²) in [6.45, 7) is 5.52. The van der Waals surface area contributed by atoms with E-state index in [0.717, 1.165) is 31.3 Å². The van der Waals surface area contributed by atoms with Gasteiger partial charge >= 0.3 is 0 Å². The third-order valence-corrected chi connectivity index (χ3v) is 5.74. The highest BCUT2D eigenvalue weighted by molar-refractivity contribution is 4.89. The quantitative estimate of drug-likeness (QED) is 0.662. The van der Waals surface area contributed by atoms with Gasteiger partial charge in [-0.15, -0.1) is 0 Å². The summed E-state index contributed by atoms with van der Waals surface area (Å²) in [7, 11) is 0. The van der Waals surface area contributed by atoms with E-state index in [0.29, 0.717) is 17.9 Å². The van der Waals surface area contributed by atoms with Gasteiger partial charge in [0.1, 0.15) is 0 Å². The fourth-order valence-electron chi connectivity index (χ4n) is 4.32. The lowest BCUT2D eigenvalue weighted by atomic mass is 9.71. The standard InChI is InChI=1S/C19H33NO/c1-3-4-15(2)14-21-19-11-9-18(10-12-19)17-7-5-16(13-20)6-8-17/h15-19H,3-12,14H2,1-2H3. The molecule has 0 aromatic carbocycles. The zero-order valence-corrected chi connectivity index (χ0v) is 14.0. The van der Waals surface area contributed by atoms with Gasteiger partial charge in [0, 0.05) is 12.5 Å². The minimum atomic E-state index is 0.348. The minimum Gasteiger partial charge on any atom is -0.378 e. The maximum atomic E-state index is 9.00. The van der Waals surface area contributed by atoms with Crippen molar-refractivity contribution < 1.29 is 4.74 Å². The Balaban J connectivity index is 1.63. The van der Waals surface area contributed by atoms with Crippen LogP contribution in [0.25, 0.3) is 0 Å². The first kappa shape index (κ1) is 16.8. The molecule has 0 aromatic heterocycles. The normalized spacial score (nSPS) is 35.1. The molecule has 120 valence electrons. The maximum Gasteiger partial charge on any atom is 0.0655 e. The van der Waals surface area contributed by atoms with Crippen LogP contribution < -0.4 is 0 Å². The summed E-state index contributed by atoms with van der Waals surface area (Å²) in [5, 5.41) is 9.00. The number of hydrogen-bond donors (Lipinski definition) is 0. The van der Waals surface area contributed by atoms with E-state index >= 15 is 0 Å². The van der Waals surface area contributed by atoms with Crippen LogP contribution in [0.4, 0.5) is 0 Å². The minimum absolute atomic E-state index is 0.348. The Morgan fingerprint density at radius 1 is 1.00 bits per heavy atom. The molecule has 0 N–H and O–H groups in total. The average molecular weight is 291 g/mol. The molecular formula is C19H33NO. The van der Waals surface area contributed by atoms with E-state index in [1.54, 1.807) is 0 Å². The molecule has 2 rings (SSSR count). The highest BCUT2D eigenvalue weighted by Gasteiger charge is 2.31. The van der Waals surface area contributed by atoms with Crippen LogP contribution in [0.2, 0.25) is 0 Å². The number of nitriles is 1. The van der Waals surface area contributed by atoms with E-state index < -0.39 is 0 Å². The zero-order valence-electron chi connectivity index (χ0n) is 14.0. The van der Waals surface area contributed by atoms with E-state index in [-0.39, 0.29) is 0 Å². The van der Waals surface area contributed by atoms with Gasteiger partial charge in [0.15, 0.2) is 0 Å². The summed E-state index contributed by atoms with van der Waals surface area (Å²) in [5.74, 6) is 2.88. The van der Waals surface area contributed by atoms with Gasteiger partial charge < -0.3 is 4.74 Å². The Kier molecular flexibility index (Phi) is 7.04. The Bertz CT molecular complexity index is 319. The lowest BCUT2D eigenvalue weighted by molar-refractivity contribution is -0.00764. The highest BCUT2D eigenvalue weighted by Crippen LogP contribution is 2.40. The van der Waals surface area contributed by atoms with Crippen LogP contribution in [0.1, 0.15) is 78.1 Å². The second-order valence-corrected chi connectivity index (χ2v) is 7.50. The highest BCUT2D eigenvalue weighted by atomic mass is 16.5. The molecule has 2 saturated carbocycles. The smallest absolute Gasteiger partial charge is 0.0655 e. The molecule has 2 aliphatic rings. The van der Waals surface area contributed by atoms with Crippen LogP contribution in [-0.4, -0.2) is 12.7 Å². The van der Waals surface area contributed by atoms with Crippen LogP contribution in [0, 0.1) is 35.0 Å². The van der Waals surface area contributed by atoms with Crippen molar-refractivity contribution in [3.05, 3.63) is 0 Å². The van der Waals surface area contributed by atoms with Gasteiger partial charge in [-0.3, -0.25) is 0 Å². The largest absolute Gasteiger partial charge is 0.378 e. The Labute approximate surface area is 131 Å². The van der Waals surface area contributed by atoms with Crippen molar-refractivity contribution in [3.63, 3.8) is 0 Å². The third-order valence-electron chi connectivity index (χ3n) is 5.74. The van der Waals surface area contributed by atoms with Gasteiger partial charge in [0.25, 0.3) is 0 Å². The van der Waals surface area contributed by atoms with Gasteiger partial charge in [-0.25, -0.2) is 0 Å². The predicted octanol–water partition coefficient (Wildman–Crippen LogP) is 5.33. The average Bonchev–Trinajstić information content (AvgIpc) is 2.54. The van der Waals surface area contributed by atoms with Crippen molar-refractivity contribution in [1.29, 1.82) is 5.26 Å². The second-order valence-electron chi connectivity index (χ2n) is 7.50. The topological polar surface area (TPSA) is 33.0 Å². The molecule has 0 aromatic rings. The van der Waals surface area contributed by atoms with Crippen LogP contribution in [0.3, 0.4) is 0 Å². The summed E-state index contributed by atoms with van der Waals surface area (Å²) >= 11 is 0. The number of ether oxygens (including phenoxy) is 1. The molecule has 2 heteroatoms. The predicted molar refractivity (Wildman–Crippen MR) is 86.8 cm³/mol. The molecule has 1 unspecified atom stereocenters. The van der Waals surface area contributed by atoms with E-state index in [2.05, 4.69) is 19.9 Å². The monoisotopic (exact) mass is 291 g/mol. The van der Waals surface area contributed by atoms with E-state index in [1.165, 1.54) is 51.4 Å². The van der Waals surface area contributed by atoms with E-state index in [4.69, 9.17) is 10.00 Å². The maximum absolute atomic E-state index is 9.00. The molecule has 0 saturated heterocycles. The first-order valence-corrected chi connectivity index (χ1v) is 9.24. The van der Waals surface area contributed by atoms with Crippen molar-refractivity contribution in [1.82, 2.24) is 0 Å². The summed E-state index contributed by atoms with van der Waals surface area (Å²) < 4.78 is 6.12. The molecule has 0 amide bonds. The molecule has 2 nitrogen and oxygen atoms in total. The van der Waals surface area contributed by atoms with E-state index in [1.807, 2.05) is 0 Å². The summed E-state index contributed by atoms with van der Waals surface area (Å²) in [5.41, 5.74) is 0. The second kappa shape index (κ2) is 8.79. The third kappa shape index (κ3) is 5.29. The van der Waals surface area contributed by atoms with Crippen molar-refractivity contribution in [2.75, 3.05) is 6.61 Å². The van der Waals surface area contributed by atoms with Crippen LogP contribution in [-0.2, 0) is 4.74 Å². The van der Waals surface area contributed by atoms with Crippen LogP contribution in [0.15, 0.2) is 0 Å². The van der Waals surface area contributed by atoms with Gasteiger partial charge in [-0.1, -0.05) is 20.3 Å². The molecule has 0 radical (unpaired) electrons. The fourth-order valence-corrected chi connectivity index (χ4v) is 4.32. The summed E-state index contributed by atoms with van der Waals surface area (Å²) in [4.78, 5) is 0. The van der Waals surface area contributed by atoms with Gasteiger partial charge in [-0.2, -0.15) is 5.26 Å². The van der Waals surface area contributed by atoms with Crippen molar-refractivity contribution >= 4 is 0 Å². The van der Waals surface area contributed by atoms with Gasteiger partial charge in [0.2, 0.25) is 0 Å². The zero-order chi connectivity index (χ0) is 15.1.